The van der Waals surface area contributed by atoms with E-state index >= 15 is 0 Å². The minimum atomic E-state index is -0.0742. The number of rotatable bonds is 2. The second-order valence-electron chi connectivity index (χ2n) is 2.92. The molecule has 3 nitrogen and oxygen atoms in total. The third-order valence-corrected chi connectivity index (χ3v) is 2.07. The molecule has 1 aliphatic rings. The first-order valence-electron chi connectivity index (χ1n) is 4.23. The summed E-state index contributed by atoms with van der Waals surface area (Å²) in [7, 11) is 0. The second-order valence-corrected chi connectivity index (χ2v) is 2.92. The van der Waals surface area contributed by atoms with Gasteiger partial charge in [0.1, 0.15) is 12.1 Å². The molecule has 3 heteroatoms. The van der Waals surface area contributed by atoms with E-state index in [2.05, 4.69) is 4.98 Å². The van der Waals surface area contributed by atoms with Crippen LogP contribution in [0.1, 0.15) is 6.42 Å². The summed E-state index contributed by atoms with van der Waals surface area (Å²) in [6.07, 6.45) is 7.34. The molecule has 0 fully saturated rings. The molecule has 0 saturated carbocycles. The normalized spacial score (nSPS) is 20.6. The van der Waals surface area contributed by atoms with Crippen LogP contribution in [-0.2, 0) is 4.79 Å². The van der Waals surface area contributed by atoms with Crippen LogP contribution in [0.25, 0.3) is 0 Å². The van der Waals surface area contributed by atoms with Crippen molar-refractivity contribution in [1.29, 1.82) is 0 Å². The van der Waals surface area contributed by atoms with Gasteiger partial charge >= 0.3 is 0 Å². The quantitative estimate of drug-likeness (QED) is 0.635. The van der Waals surface area contributed by atoms with Crippen LogP contribution in [0.3, 0.4) is 0 Å². The molecule has 0 spiro atoms. The molecule has 0 bridgehead atoms. The molecule has 0 radical (unpaired) electrons. The topological polar surface area (TPSA) is 33.2 Å². The minimum absolute atomic E-state index is 0.0742. The van der Waals surface area contributed by atoms with Crippen molar-refractivity contribution in [2.75, 3.05) is 4.90 Å². The summed E-state index contributed by atoms with van der Waals surface area (Å²) < 4.78 is 0. The maximum atomic E-state index is 10.7. The van der Waals surface area contributed by atoms with E-state index in [0.717, 1.165) is 18.5 Å². The fraction of sp³-hybridized carbons (Fsp3) is 0.200. The fourth-order valence-corrected chi connectivity index (χ4v) is 1.41. The Labute approximate surface area is 76.7 Å². The molecule has 13 heavy (non-hydrogen) atoms. The number of carbonyl (C=O) groups is 1. The van der Waals surface area contributed by atoms with Gasteiger partial charge in [0, 0.05) is 12.4 Å². The highest BCUT2D eigenvalue weighted by Crippen LogP contribution is 2.19. The van der Waals surface area contributed by atoms with E-state index in [4.69, 9.17) is 0 Å². The molecule has 66 valence electrons. The first kappa shape index (κ1) is 7.98. The van der Waals surface area contributed by atoms with Crippen LogP contribution in [0, 0.1) is 0 Å². The predicted octanol–water partition coefficient (Wildman–Crippen LogP) is 1.37. The zero-order chi connectivity index (χ0) is 9.10. The molecule has 2 rings (SSSR count). The molecular formula is C10H10N2O. The number of pyridine rings is 1. The lowest BCUT2D eigenvalue weighted by Crippen LogP contribution is -2.28. The van der Waals surface area contributed by atoms with E-state index in [1.807, 2.05) is 35.4 Å². The molecule has 1 atom stereocenters. The van der Waals surface area contributed by atoms with Crippen LogP contribution in [0.5, 0.6) is 0 Å². The third kappa shape index (κ3) is 1.45. The van der Waals surface area contributed by atoms with Crippen molar-refractivity contribution >= 4 is 12.1 Å². The van der Waals surface area contributed by atoms with Crippen molar-refractivity contribution in [3.05, 3.63) is 36.7 Å². The van der Waals surface area contributed by atoms with Gasteiger partial charge in [-0.05, 0) is 18.6 Å². The number of carbonyl (C=O) groups excluding carboxylic acids is 1. The van der Waals surface area contributed by atoms with E-state index in [0.29, 0.717) is 0 Å². The number of hydrogen-bond acceptors (Lipinski definition) is 3. The molecule has 0 N–H and O–H groups in total. The molecule has 2 heterocycles. The summed E-state index contributed by atoms with van der Waals surface area (Å²) in [5.41, 5.74) is 0. The Bertz CT molecular complexity index is 321. The van der Waals surface area contributed by atoms with Crippen LogP contribution in [0.15, 0.2) is 36.7 Å². The van der Waals surface area contributed by atoms with E-state index in [9.17, 15) is 4.79 Å². The summed E-state index contributed by atoms with van der Waals surface area (Å²) >= 11 is 0. The summed E-state index contributed by atoms with van der Waals surface area (Å²) in [6.45, 7) is 0. The van der Waals surface area contributed by atoms with Crippen molar-refractivity contribution in [1.82, 2.24) is 4.98 Å². The monoisotopic (exact) mass is 174 g/mol. The minimum Gasteiger partial charge on any atom is -0.323 e. The smallest absolute Gasteiger partial charge is 0.143 e. The first-order valence-corrected chi connectivity index (χ1v) is 4.23. The molecule has 1 aromatic heterocycles. The highest BCUT2D eigenvalue weighted by atomic mass is 16.1. The number of anilines is 1. The number of aromatic nitrogens is 1. The van der Waals surface area contributed by atoms with Crippen LogP contribution >= 0.6 is 0 Å². The Kier molecular flexibility index (Phi) is 2.08. The summed E-state index contributed by atoms with van der Waals surface area (Å²) in [5, 5.41) is 0. The van der Waals surface area contributed by atoms with Crippen molar-refractivity contribution in [2.45, 2.75) is 12.5 Å². The number of nitrogens with zero attached hydrogens (tertiary/aromatic N) is 2. The van der Waals surface area contributed by atoms with Crippen LogP contribution < -0.4 is 4.90 Å². The van der Waals surface area contributed by atoms with E-state index < -0.39 is 0 Å². The highest BCUT2D eigenvalue weighted by Gasteiger charge is 2.19. The second kappa shape index (κ2) is 3.39. The molecule has 1 aromatic rings. The van der Waals surface area contributed by atoms with Crippen LogP contribution in [-0.4, -0.2) is 17.3 Å². The molecular weight excluding hydrogens is 164 g/mol. The van der Waals surface area contributed by atoms with Gasteiger partial charge in [-0.2, -0.15) is 0 Å². The Morgan fingerprint density at radius 1 is 1.54 bits per heavy atom. The lowest BCUT2D eigenvalue weighted by molar-refractivity contribution is -0.108. The average Bonchev–Trinajstić information content (AvgIpc) is 2.67. The van der Waals surface area contributed by atoms with Crippen molar-refractivity contribution in [3.8, 4) is 0 Å². The Morgan fingerprint density at radius 3 is 3.15 bits per heavy atom. The zero-order valence-corrected chi connectivity index (χ0v) is 7.13. The molecule has 0 aromatic carbocycles. The summed E-state index contributed by atoms with van der Waals surface area (Å²) in [6, 6.07) is 5.59. The zero-order valence-electron chi connectivity index (χ0n) is 7.13. The van der Waals surface area contributed by atoms with Gasteiger partial charge in [0.2, 0.25) is 0 Å². The van der Waals surface area contributed by atoms with Gasteiger partial charge in [-0.15, -0.1) is 0 Å². The standard InChI is InChI=1S/C10H10N2O/c13-8-9-4-3-7-12(9)10-5-1-2-6-11-10/h1-3,5-9H,4H2. The van der Waals surface area contributed by atoms with Gasteiger partial charge in [-0.1, -0.05) is 12.1 Å². The Morgan fingerprint density at radius 2 is 2.46 bits per heavy atom. The van der Waals surface area contributed by atoms with Gasteiger partial charge < -0.3 is 9.69 Å². The molecule has 0 saturated heterocycles. The van der Waals surface area contributed by atoms with E-state index in [-0.39, 0.29) is 6.04 Å². The van der Waals surface area contributed by atoms with Crippen molar-refractivity contribution < 1.29 is 4.79 Å². The molecule has 0 amide bonds. The third-order valence-electron chi connectivity index (χ3n) is 2.07. The maximum Gasteiger partial charge on any atom is 0.143 e. The first-order chi connectivity index (χ1) is 6.42. The largest absolute Gasteiger partial charge is 0.323 e. The maximum absolute atomic E-state index is 10.7. The fourth-order valence-electron chi connectivity index (χ4n) is 1.41. The number of hydrogen-bond donors (Lipinski definition) is 0. The molecule has 1 aliphatic heterocycles. The average molecular weight is 174 g/mol. The SMILES string of the molecule is O=CC1CC=CN1c1ccccn1. The van der Waals surface area contributed by atoms with E-state index in [1.54, 1.807) is 6.20 Å². The lowest BCUT2D eigenvalue weighted by Gasteiger charge is -2.19. The highest BCUT2D eigenvalue weighted by molar-refractivity contribution is 5.68. The Balaban J connectivity index is 2.26. The van der Waals surface area contributed by atoms with Gasteiger partial charge in [0.25, 0.3) is 0 Å². The van der Waals surface area contributed by atoms with E-state index in [1.165, 1.54) is 0 Å². The van der Waals surface area contributed by atoms with Gasteiger partial charge in [-0.25, -0.2) is 4.98 Å². The predicted molar refractivity (Wildman–Crippen MR) is 50.3 cm³/mol. The van der Waals surface area contributed by atoms with Crippen LogP contribution in [0.2, 0.25) is 0 Å². The van der Waals surface area contributed by atoms with Crippen LogP contribution in [0.4, 0.5) is 5.82 Å². The lowest BCUT2D eigenvalue weighted by atomic mass is 10.2. The van der Waals surface area contributed by atoms with Gasteiger partial charge in [0.15, 0.2) is 0 Å². The number of aldehydes is 1. The summed E-state index contributed by atoms with van der Waals surface area (Å²) in [4.78, 5) is 16.7. The van der Waals surface area contributed by atoms with Crippen molar-refractivity contribution in [3.63, 3.8) is 0 Å². The molecule has 1 unspecified atom stereocenters. The molecule has 0 aliphatic carbocycles. The summed E-state index contributed by atoms with van der Waals surface area (Å²) in [5.74, 6) is 0.827. The van der Waals surface area contributed by atoms with Gasteiger partial charge in [-0.3, -0.25) is 0 Å². The van der Waals surface area contributed by atoms with Crippen molar-refractivity contribution in [2.24, 2.45) is 0 Å². The Hall–Kier alpha value is -1.64. The van der Waals surface area contributed by atoms with Gasteiger partial charge in [0.05, 0.1) is 6.04 Å².